The fraction of sp³-hybridized carbons (Fsp3) is 0.556. The molecule has 0 atom stereocenters. The number of alkyl halides is 3. The second-order valence-electron chi connectivity index (χ2n) is 3.38. The zero-order valence-corrected chi connectivity index (χ0v) is 9.71. The lowest BCUT2D eigenvalue weighted by atomic mass is 10.4. The number of nitrogen functional groups attached to an aromatic ring is 1. The fourth-order valence-corrected chi connectivity index (χ4v) is 1.17. The van der Waals surface area contributed by atoms with Crippen molar-refractivity contribution in [2.75, 3.05) is 31.0 Å². The molecule has 1 aromatic rings. The molecular weight excluding hydrogens is 251 g/mol. The molecule has 6 nitrogen and oxygen atoms in total. The van der Waals surface area contributed by atoms with Crippen LogP contribution in [0.15, 0.2) is 6.07 Å². The predicted octanol–water partition coefficient (Wildman–Crippen LogP) is 1.23. The summed E-state index contributed by atoms with van der Waals surface area (Å²) < 4.78 is 42.3. The molecule has 0 spiro atoms. The van der Waals surface area contributed by atoms with Crippen molar-refractivity contribution in [1.29, 1.82) is 0 Å². The van der Waals surface area contributed by atoms with E-state index in [-0.39, 0.29) is 11.6 Å². The molecule has 0 saturated carbocycles. The predicted molar refractivity (Wildman–Crippen MR) is 59.8 cm³/mol. The van der Waals surface area contributed by atoms with Crippen molar-refractivity contribution >= 4 is 11.6 Å². The van der Waals surface area contributed by atoms with Gasteiger partial charge in [0.15, 0.2) is 0 Å². The highest BCUT2D eigenvalue weighted by molar-refractivity contribution is 5.47. The summed E-state index contributed by atoms with van der Waals surface area (Å²) in [6, 6.07) is 1.29. The third kappa shape index (κ3) is 4.34. The molecular formula is C9H14F3N5O. The average molecular weight is 265 g/mol. The molecule has 4 N–H and O–H groups in total. The number of hydrogen-bond acceptors (Lipinski definition) is 6. The maximum atomic E-state index is 12.5. The summed E-state index contributed by atoms with van der Waals surface area (Å²) in [6.07, 6.45) is -3.97. The van der Waals surface area contributed by atoms with Gasteiger partial charge in [0.1, 0.15) is 11.6 Å². The van der Waals surface area contributed by atoms with E-state index in [1.54, 1.807) is 7.11 Å². The molecule has 0 radical (unpaired) electrons. The van der Waals surface area contributed by atoms with Crippen molar-refractivity contribution in [1.82, 2.24) is 9.97 Å². The number of nitrogens with zero attached hydrogens (tertiary/aromatic N) is 2. The van der Waals surface area contributed by atoms with E-state index in [1.807, 2.05) is 0 Å². The zero-order valence-electron chi connectivity index (χ0n) is 9.71. The van der Waals surface area contributed by atoms with E-state index < -0.39 is 12.0 Å². The molecule has 0 aliphatic rings. The van der Waals surface area contributed by atoms with E-state index >= 15 is 0 Å². The second kappa shape index (κ2) is 6.36. The second-order valence-corrected chi connectivity index (χ2v) is 3.38. The molecule has 0 aromatic carbocycles. The summed E-state index contributed by atoms with van der Waals surface area (Å²) in [5.41, 5.74) is 2.07. The van der Waals surface area contributed by atoms with E-state index in [0.717, 1.165) is 0 Å². The van der Waals surface area contributed by atoms with Gasteiger partial charge in [0.05, 0.1) is 0 Å². The minimum absolute atomic E-state index is 0.0568. The number of anilines is 2. The maximum absolute atomic E-state index is 12.5. The first-order valence-electron chi connectivity index (χ1n) is 5.13. The average Bonchev–Trinajstić information content (AvgIpc) is 2.33. The lowest BCUT2D eigenvalue weighted by molar-refractivity contribution is -0.144. The highest BCUT2D eigenvalue weighted by Crippen LogP contribution is 2.28. The lowest BCUT2D eigenvalue weighted by Gasteiger charge is -2.11. The molecule has 1 rings (SSSR count). The summed E-state index contributed by atoms with van der Waals surface area (Å²) >= 11 is 0. The summed E-state index contributed by atoms with van der Waals surface area (Å²) in [5.74, 6) is 3.76. The molecule has 9 heteroatoms. The maximum Gasteiger partial charge on any atom is 0.451 e. The Morgan fingerprint density at radius 3 is 2.56 bits per heavy atom. The highest BCUT2D eigenvalue weighted by Gasteiger charge is 2.35. The van der Waals surface area contributed by atoms with Crippen LogP contribution < -0.4 is 16.6 Å². The standard InChI is InChI=1S/C9H14F3N5O/c1-18-4-2-3-14-6-5-7(17-13)16-8(15-6)9(10,11)12/h5H,2-4,13H2,1H3,(H2,14,15,16,17). The quantitative estimate of drug-likeness (QED) is 0.407. The lowest BCUT2D eigenvalue weighted by Crippen LogP contribution is -2.17. The van der Waals surface area contributed by atoms with Gasteiger partial charge in [-0.05, 0) is 6.42 Å². The van der Waals surface area contributed by atoms with Gasteiger partial charge in [-0.2, -0.15) is 13.2 Å². The van der Waals surface area contributed by atoms with Crippen LogP contribution in [0.5, 0.6) is 0 Å². The smallest absolute Gasteiger partial charge is 0.385 e. The number of methoxy groups -OCH3 is 1. The third-order valence-electron chi connectivity index (χ3n) is 1.96. The Balaban J connectivity index is 2.78. The number of nitrogens with two attached hydrogens (primary N) is 1. The van der Waals surface area contributed by atoms with Crippen LogP contribution in [0.25, 0.3) is 0 Å². The van der Waals surface area contributed by atoms with E-state index in [4.69, 9.17) is 10.6 Å². The van der Waals surface area contributed by atoms with Crippen LogP contribution in [0.2, 0.25) is 0 Å². The number of aromatic nitrogens is 2. The van der Waals surface area contributed by atoms with Gasteiger partial charge in [-0.25, -0.2) is 15.8 Å². The van der Waals surface area contributed by atoms with E-state index in [9.17, 15) is 13.2 Å². The summed E-state index contributed by atoms with van der Waals surface area (Å²) in [5, 5.41) is 2.74. The molecule has 1 heterocycles. The molecule has 0 saturated heterocycles. The topological polar surface area (TPSA) is 85.1 Å². The minimum atomic E-state index is -4.62. The first-order chi connectivity index (χ1) is 8.47. The summed E-state index contributed by atoms with van der Waals surface area (Å²) in [6.45, 7) is 0.943. The van der Waals surface area contributed by atoms with Crippen LogP contribution in [0.4, 0.5) is 24.8 Å². The number of halogens is 3. The van der Waals surface area contributed by atoms with E-state index in [1.165, 1.54) is 6.07 Å². The van der Waals surface area contributed by atoms with Gasteiger partial charge >= 0.3 is 6.18 Å². The van der Waals surface area contributed by atoms with Crippen molar-refractivity contribution < 1.29 is 17.9 Å². The number of nitrogens with one attached hydrogen (secondary N) is 2. The fourth-order valence-electron chi connectivity index (χ4n) is 1.17. The molecule has 0 amide bonds. The molecule has 0 aliphatic heterocycles. The van der Waals surface area contributed by atoms with Crippen LogP contribution in [-0.4, -0.2) is 30.2 Å². The third-order valence-corrected chi connectivity index (χ3v) is 1.96. The number of rotatable bonds is 6. The SMILES string of the molecule is COCCCNc1cc(NN)nc(C(F)(F)F)n1. The van der Waals surface area contributed by atoms with Crippen LogP contribution in [-0.2, 0) is 10.9 Å². The summed E-state index contributed by atoms with van der Waals surface area (Å²) in [4.78, 5) is 6.60. The monoisotopic (exact) mass is 265 g/mol. The zero-order chi connectivity index (χ0) is 13.6. The Morgan fingerprint density at radius 2 is 2.00 bits per heavy atom. The molecule has 0 fully saturated rings. The molecule has 1 aromatic heterocycles. The van der Waals surface area contributed by atoms with Gasteiger partial charge in [-0.1, -0.05) is 0 Å². The van der Waals surface area contributed by atoms with Gasteiger partial charge in [-0.15, -0.1) is 0 Å². The van der Waals surface area contributed by atoms with Gasteiger partial charge in [-0.3, -0.25) is 0 Å². The van der Waals surface area contributed by atoms with Crippen LogP contribution in [0, 0.1) is 0 Å². The first-order valence-corrected chi connectivity index (χ1v) is 5.13. The van der Waals surface area contributed by atoms with Crippen LogP contribution >= 0.6 is 0 Å². The molecule has 0 aliphatic carbocycles. The van der Waals surface area contributed by atoms with Gasteiger partial charge in [0.2, 0.25) is 5.82 Å². The Kier molecular flexibility index (Phi) is 5.10. The Morgan fingerprint density at radius 1 is 1.33 bits per heavy atom. The minimum Gasteiger partial charge on any atom is -0.385 e. The Labute approximate surface area is 102 Å². The van der Waals surface area contributed by atoms with Gasteiger partial charge in [0.25, 0.3) is 0 Å². The van der Waals surface area contributed by atoms with Crippen molar-refractivity contribution in [3.63, 3.8) is 0 Å². The molecule has 0 unspecified atom stereocenters. The van der Waals surface area contributed by atoms with Crippen molar-refractivity contribution in [3.8, 4) is 0 Å². The van der Waals surface area contributed by atoms with Crippen molar-refractivity contribution in [3.05, 3.63) is 11.9 Å². The van der Waals surface area contributed by atoms with E-state index in [0.29, 0.717) is 19.6 Å². The number of hydrogen-bond donors (Lipinski definition) is 3. The largest absolute Gasteiger partial charge is 0.451 e. The van der Waals surface area contributed by atoms with Gasteiger partial charge in [0, 0.05) is 26.3 Å². The van der Waals surface area contributed by atoms with Crippen LogP contribution in [0.1, 0.15) is 12.2 Å². The number of ether oxygens (including phenoxy) is 1. The highest BCUT2D eigenvalue weighted by atomic mass is 19.4. The Hall–Kier alpha value is -1.61. The Bertz CT molecular complexity index is 385. The van der Waals surface area contributed by atoms with Crippen molar-refractivity contribution in [2.24, 2.45) is 5.84 Å². The van der Waals surface area contributed by atoms with Gasteiger partial charge < -0.3 is 15.5 Å². The molecule has 102 valence electrons. The molecule has 0 bridgehead atoms. The van der Waals surface area contributed by atoms with E-state index in [2.05, 4.69) is 20.7 Å². The first kappa shape index (κ1) is 14.5. The number of hydrazine groups is 1. The molecule has 18 heavy (non-hydrogen) atoms. The normalized spacial score (nSPS) is 11.4. The van der Waals surface area contributed by atoms with Crippen molar-refractivity contribution in [2.45, 2.75) is 12.6 Å². The van der Waals surface area contributed by atoms with Crippen LogP contribution in [0.3, 0.4) is 0 Å². The summed E-state index contributed by atoms with van der Waals surface area (Å²) in [7, 11) is 1.54.